The maximum atomic E-state index is 12.3. The van der Waals surface area contributed by atoms with Crippen molar-refractivity contribution in [1.82, 2.24) is 19.9 Å². The third kappa shape index (κ3) is 2.68. The van der Waals surface area contributed by atoms with Gasteiger partial charge in [0, 0.05) is 12.7 Å². The number of thiazole rings is 1. The highest BCUT2D eigenvalue weighted by Crippen LogP contribution is 2.22. The lowest BCUT2D eigenvalue weighted by molar-refractivity contribution is -0.0246. The Morgan fingerprint density at radius 2 is 2.45 bits per heavy atom. The second-order valence-electron chi connectivity index (χ2n) is 4.51. The average molecular weight is 290 g/mol. The van der Waals surface area contributed by atoms with Crippen LogP contribution in [0.15, 0.2) is 24.0 Å². The van der Waals surface area contributed by atoms with Crippen molar-refractivity contribution in [2.45, 2.75) is 13.0 Å². The monoisotopic (exact) mass is 290 g/mol. The highest BCUT2D eigenvalue weighted by molar-refractivity contribution is 7.11. The number of amides is 1. The molecule has 0 radical (unpaired) electrons. The van der Waals surface area contributed by atoms with Gasteiger partial charge in [-0.15, -0.1) is 11.3 Å². The Kier molecular flexibility index (Phi) is 3.70. The first-order chi connectivity index (χ1) is 9.74. The van der Waals surface area contributed by atoms with Gasteiger partial charge in [-0.3, -0.25) is 9.78 Å². The summed E-state index contributed by atoms with van der Waals surface area (Å²) in [4.78, 5) is 27.2. The molecule has 1 amide bonds. The minimum atomic E-state index is -0.192. The molecule has 7 heteroatoms. The Morgan fingerprint density at radius 1 is 1.55 bits per heavy atom. The van der Waals surface area contributed by atoms with E-state index in [2.05, 4.69) is 15.0 Å². The summed E-state index contributed by atoms with van der Waals surface area (Å²) < 4.78 is 5.72. The number of carbonyl (C=O) groups is 1. The van der Waals surface area contributed by atoms with E-state index >= 15 is 0 Å². The molecule has 2 aromatic heterocycles. The number of carbonyl (C=O) groups excluding carboxylic acids is 1. The summed E-state index contributed by atoms with van der Waals surface area (Å²) in [5.41, 5.74) is 2.48. The van der Waals surface area contributed by atoms with E-state index in [1.165, 1.54) is 11.3 Å². The molecule has 1 saturated heterocycles. The summed E-state index contributed by atoms with van der Waals surface area (Å²) in [7, 11) is 0. The van der Waals surface area contributed by atoms with Crippen LogP contribution in [-0.2, 0) is 4.74 Å². The molecule has 104 valence electrons. The zero-order valence-electron chi connectivity index (χ0n) is 11.0. The quantitative estimate of drug-likeness (QED) is 0.837. The first kappa shape index (κ1) is 13.1. The second-order valence-corrected chi connectivity index (χ2v) is 5.39. The van der Waals surface area contributed by atoms with Crippen LogP contribution < -0.4 is 0 Å². The lowest BCUT2D eigenvalue weighted by Crippen LogP contribution is -2.42. The van der Waals surface area contributed by atoms with Crippen LogP contribution in [0.1, 0.15) is 27.3 Å². The molecule has 0 unspecified atom stereocenters. The van der Waals surface area contributed by atoms with Gasteiger partial charge in [-0.25, -0.2) is 9.97 Å². The topological polar surface area (TPSA) is 68.2 Å². The number of hydrogen-bond acceptors (Lipinski definition) is 6. The van der Waals surface area contributed by atoms with E-state index in [0.717, 1.165) is 5.69 Å². The van der Waals surface area contributed by atoms with Crippen LogP contribution in [0.25, 0.3) is 0 Å². The van der Waals surface area contributed by atoms with Gasteiger partial charge in [-0.2, -0.15) is 0 Å². The van der Waals surface area contributed by atoms with E-state index in [4.69, 9.17) is 4.74 Å². The van der Waals surface area contributed by atoms with Crippen LogP contribution in [0, 0.1) is 6.92 Å². The van der Waals surface area contributed by atoms with Crippen molar-refractivity contribution in [2.75, 3.05) is 19.7 Å². The molecular formula is C13H14N4O2S. The van der Waals surface area contributed by atoms with Gasteiger partial charge >= 0.3 is 0 Å². The van der Waals surface area contributed by atoms with Gasteiger partial charge in [0.15, 0.2) is 0 Å². The number of nitrogens with zero attached hydrogens (tertiary/aromatic N) is 4. The fourth-order valence-corrected chi connectivity index (χ4v) is 2.73. The molecule has 0 bridgehead atoms. The molecule has 3 heterocycles. The number of aryl methyl sites for hydroxylation is 1. The van der Waals surface area contributed by atoms with E-state index in [1.807, 2.05) is 13.0 Å². The van der Waals surface area contributed by atoms with Crippen molar-refractivity contribution >= 4 is 17.2 Å². The number of aromatic nitrogens is 3. The smallest absolute Gasteiger partial charge is 0.265 e. The normalized spacial score (nSPS) is 19.1. The largest absolute Gasteiger partial charge is 0.368 e. The lowest BCUT2D eigenvalue weighted by atomic mass is 10.2. The van der Waals surface area contributed by atoms with Crippen molar-refractivity contribution in [3.8, 4) is 0 Å². The third-order valence-corrected chi connectivity index (χ3v) is 3.89. The molecule has 1 atom stereocenters. The minimum Gasteiger partial charge on any atom is -0.368 e. The number of rotatable bonds is 2. The minimum absolute atomic E-state index is 0.00609. The Balaban J connectivity index is 1.75. The number of hydrogen-bond donors (Lipinski definition) is 0. The van der Waals surface area contributed by atoms with Crippen molar-refractivity contribution in [3.63, 3.8) is 0 Å². The van der Waals surface area contributed by atoms with Crippen LogP contribution in [0.2, 0.25) is 0 Å². The average Bonchev–Trinajstić information content (AvgIpc) is 3.01. The maximum absolute atomic E-state index is 12.3. The van der Waals surface area contributed by atoms with Crippen LogP contribution in [0.3, 0.4) is 0 Å². The molecule has 0 saturated carbocycles. The van der Waals surface area contributed by atoms with Crippen LogP contribution in [0.5, 0.6) is 0 Å². The molecule has 3 rings (SSSR count). The van der Waals surface area contributed by atoms with E-state index < -0.39 is 0 Å². The van der Waals surface area contributed by atoms with Crippen LogP contribution in [0.4, 0.5) is 0 Å². The Bertz CT molecular complexity index is 602. The summed E-state index contributed by atoms with van der Waals surface area (Å²) in [6, 6.07) is 1.83. The zero-order valence-corrected chi connectivity index (χ0v) is 11.8. The fraction of sp³-hybridized carbons (Fsp3) is 0.385. The van der Waals surface area contributed by atoms with E-state index in [1.54, 1.807) is 22.8 Å². The summed E-state index contributed by atoms with van der Waals surface area (Å²) in [6.45, 7) is 3.45. The summed E-state index contributed by atoms with van der Waals surface area (Å²) in [6.07, 6.45) is 3.12. The van der Waals surface area contributed by atoms with Gasteiger partial charge in [0.05, 0.1) is 30.6 Å². The van der Waals surface area contributed by atoms with Gasteiger partial charge in [0.25, 0.3) is 5.91 Å². The van der Waals surface area contributed by atoms with Crippen molar-refractivity contribution < 1.29 is 9.53 Å². The molecule has 1 aliphatic heterocycles. The molecule has 2 aromatic rings. The molecule has 0 spiro atoms. The van der Waals surface area contributed by atoms with Gasteiger partial charge in [0.1, 0.15) is 16.8 Å². The SMILES string of the molecule is Cc1nccc([C@@H]2CN(C(=O)c3cncs3)CCO2)n1. The van der Waals surface area contributed by atoms with Crippen LogP contribution >= 0.6 is 11.3 Å². The first-order valence-corrected chi connectivity index (χ1v) is 7.21. The zero-order chi connectivity index (χ0) is 13.9. The Hall–Kier alpha value is -1.86. The molecule has 0 N–H and O–H groups in total. The van der Waals surface area contributed by atoms with E-state index in [-0.39, 0.29) is 12.0 Å². The molecule has 0 aliphatic carbocycles. The van der Waals surface area contributed by atoms with Gasteiger partial charge in [-0.05, 0) is 13.0 Å². The summed E-state index contributed by atoms with van der Waals surface area (Å²) in [5, 5.41) is 0. The van der Waals surface area contributed by atoms with Gasteiger partial charge in [0.2, 0.25) is 0 Å². The molecule has 6 nitrogen and oxygen atoms in total. The summed E-state index contributed by atoms with van der Waals surface area (Å²) in [5.74, 6) is 0.712. The van der Waals surface area contributed by atoms with Crippen LogP contribution in [-0.4, -0.2) is 45.5 Å². The predicted octanol–water partition coefficient (Wildman–Crippen LogP) is 1.46. The third-order valence-electron chi connectivity index (χ3n) is 3.12. The molecule has 20 heavy (non-hydrogen) atoms. The highest BCUT2D eigenvalue weighted by atomic mass is 32.1. The number of morpholine rings is 1. The molecule has 0 aromatic carbocycles. The maximum Gasteiger partial charge on any atom is 0.265 e. The van der Waals surface area contributed by atoms with Gasteiger partial charge < -0.3 is 9.64 Å². The molecule has 1 aliphatic rings. The van der Waals surface area contributed by atoms with E-state index in [9.17, 15) is 4.79 Å². The standard InChI is InChI=1S/C13H14N4O2S/c1-9-15-3-2-10(16-9)11-7-17(4-5-19-11)13(18)12-6-14-8-20-12/h2-3,6,8,11H,4-5,7H2,1H3/t11-/m0/s1. The van der Waals surface area contributed by atoms with Crippen molar-refractivity contribution in [2.24, 2.45) is 0 Å². The lowest BCUT2D eigenvalue weighted by Gasteiger charge is -2.32. The first-order valence-electron chi connectivity index (χ1n) is 6.33. The number of ether oxygens (including phenoxy) is 1. The van der Waals surface area contributed by atoms with Crippen molar-refractivity contribution in [3.05, 3.63) is 40.4 Å². The highest BCUT2D eigenvalue weighted by Gasteiger charge is 2.27. The second kappa shape index (κ2) is 5.64. The van der Waals surface area contributed by atoms with Gasteiger partial charge in [-0.1, -0.05) is 0 Å². The van der Waals surface area contributed by atoms with Crippen molar-refractivity contribution in [1.29, 1.82) is 0 Å². The predicted molar refractivity (Wildman–Crippen MR) is 73.5 cm³/mol. The Labute approximate surface area is 120 Å². The van der Waals surface area contributed by atoms with E-state index in [0.29, 0.717) is 30.4 Å². The molecular weight excluding hydrogens is 276 g/mol. The Morgan fingerprint density at radius 3 is 3.20 bits per heavy atom. The summed E-state index contributed by atoms with van der Waals surface area (Å²) >= 11 is 1.36. The fourth-order valence-electron chi connectivity index (χ4n) is 2.14. The molecule has 1 fully saturated rings.